The van der Waals surface area contributed by atoms with Gasteiger partial charge in [-0.3, -0.25) is 0 Å². The first kappa shape index (κ1) is 9.28. The molecule has 0 saturated heterocycles. The molecule has 0 unspecified atom stereocenters. The number of aliphatic hydroxyl groups excluding tert-OH is 1. The van der Waals surface area contributed by atoms with Crippen molar-refractivity contribution >= 4 is 5.69 Å². The number of hydrogen-bond acceptors (Lipinski definition) is 2. The third-order valence-electron chi connectivity index (χ3n) is 2.61. The molecule has 0 amide bonds. The minimum atomic E-state index is 0.122. The van der Waals surface area contributed by atoms with Crippen molar-refractivity contribution in [2.75, 3.05) is 11.4 Å². The Hall–Kier alpha value is -1.28. The molecule has 0 bridgehead atoms. The molecular weight excluding hydrogens is 174 g/mol. The van der Waals surface area contributed by atoms with Crippen LogP contribution in [0.1, 0.15) is 18.1 Å². The normalized spacial score (nSPS) is 15.1. The summed E-state index contributed by atoms with van der Waals surface area (Å²) in [4.78, 5) is 2.21. The Morgan fingerprint density at radius 2 is 2.36 bits per heavy atom. The molecule has 1 aromatic rings. The van der Waals surface area contributed by atoms with Crippen LogP contribution in [0.2, 0.25) is 0 Å². The van der Waals surface area contributed by atoms with Crippen LogP contribution in [0.4, 0.5) is 5.69 Å². The van der Waals surface area contributed by atoms with E-state index < -0.39 is 0 Å². The van der Waals surface area contributed by atoms with Crippen molar-refractivity contribution in [1.82, 2.24) is 0 Å². The van der Waals surface area contributed by atoms with Crippen LogP contribution in [0, 0.1) is 0 Å². The van der Waals surface area contributed by atoms with Crippen LogP contribution in [0.5, 0.6) is 0 Å². The summed E-state index contributed by atoms with van der Waals surface area (Å²) < 4.78 is 0. The summed E-state index contributed by atoms with van der Waals surface area (Å²) >= 11 is 0. The highest BCUT2D eigenvalue weighted by molar-refractivity contribution is 5.64. The number of rotatable bonds is 2. The van der Waals surface area contributed by atoms with Gasteiger partial charge in [-0.25, -0.2) is 0 Å². The lowest BCUT2D eigenvalue weighted by Gasteiger charge is -2.16. The van der Waals surface area contributed by atoms with Crippen molar-refractivity contribution in [3.8, 4) is 0 Å². The molecule has 1 N–H and O–H groups in total. The van der Waals surface area contributed by atoms with Crippen LogP contribution < -0.4 is 4.90 Å². The Bertz CT molecular complexity index is 357. The van der Waals surface area contributed by atoms with E-state index in [1.807, 2.05) is 25.1 Å². The quantitative estimate of drug-likeness (QED) is 0.770. The number of para-hydroxylation sites is 1. The lowest BCUT2D eigenvalue weighted by Crippen LogP contribution is -2.13. The lowest BCUT2D eigenvalue weighted by molar-refractivity contribution is 0.282. The van der Waals surface area contributed by atoms with E-state index in [1.165, 1.54) is 11.3 Å². The van der Waals surface area contributed by atoms with Crippen molar-refractivity contribution < 1.29 is 5.11 Å². The molecule has 1 heterocycles. The summed E-state index contributed by atoms with van der Waals surface area (Å²) in [5.74, 6) is 0. The summed E-state index contributed by atoms with van der Waals surface area (Å²) in [6, 6.07) is 6.14. The Morgan fingerprint density at radius 1 is 1.50 bits per heavy atom. The maximum absolute atomic E-state index is 9.24. The summed E-state index contributed by atoms with van der Waals surface area (Å²) in [5.41, 5.74) is 3.57. The average Bonchev–Trinajstić information content (AvgIpc) is 2.62. The third kappa shape index (κ3) is 1.42. The van der Waals surface area contributed by atoms with E-state index in [-0.39, 0.29) is 6.61 Å². The Kier molecular flexibility index (Phi) is 2.55. The Labute approximate surface area is 84.5 Å². The highest BCUT2D eigenvalue weighted by Gasteiger charge is 2.19. The zero-order chi connectivity index (χ0) is 9.97. The molecular formula is C12H15NO. The first-order chi connectivity index (χ1) is 6.86. The number of benzene rings is 1. The highest BCUT2D eigenvalue weighted by Crippen LogP contribution is 2.31. The molecule has 1 aliphatic heterocycles. The molecule has 14 heavy (non-hydrogen) atoms. The minimum absolute atomic E-state index is 0.122. The molecule has 74 valence electrons. The molecule has 0 spiro atoms. The van der Waals surface area contributed by atoms with Gasteiger partial charge in [-0.15, -0.1) is 0 Å². The van der Waals surface area contributed by atoms with Crippen molar-refractivity contribution in [3.63, 3.8) is 0 Å². The SMILES string of the molecule is C/C=C/N1CCc2cccc(CO)c21. The Balaban J connectivity index is 2.45. The van der Waals surface area contributed by atoms with Gasteiger partial charge in [-0.1, -0.05) is 24.3 Å². The van der Waals surface area contributed by atoms with E-state index >= 15 is 0 Å². The fourth-order valence-corrected chi connectivity index (χ4v) is 2.02. The van der Waals surface area contributed by atoms with Crippen LogP contribution in [0.15, 0.2) is 30.5 Å². The second-order valence-corrected chi connectivity index (χ2v) is 3.51. The van der Waals surface area contributed by atoms with Crippen LogP contribution in [0.3, 0.4) is 0 Å². The van der Waals surface area contributed by atoms with Gasteiger partial charge in [0, 0.05) is 17.8 Å². The second-order valence-electron chi connectivity index (χ2n) is 3.51. The smallest absolute Gasteiger partial charge is 0.0702 e. The van der Waals surface area contributed by atoms with Gasteiger partial charge in [0.15, 0.2) is 0 Å². The van der Waals surface area contributed by atoms with Gasteiger partial charge in [0.2, 0.25) is 0 Å². The number of hydrogen-bond donors (Lipinski definition) is 1. The monoisotopic (exact) mass is 189 g/mol. The van der Waals surface area contributed by atoms with Crippen molar-refractivity contribution in [3.05, 3.63) is 41.6 Å². The second kappa shape index (κ2) is 3.84. The standard InChI is InChI=1S/C12H15NO/c1-2-7-13-8-6-10-4-3-5-11(9-14)12(10)13/h2-5,7,14H,6,8-9H2,1H3/b7-2+. The number of fused-ring (bicyclic) bond motifs is 1. The fourth-order valence-electron chi connectivity index (χ4n) is 2.02. The van der Waals surface area contributed by atoms with Gasteiger partial charge in [0.1, 0.15) is 0 Å². The van der Waals surface area contributed by atoms with E-state index in [1.54, 1.807) is 0 Å². The highest BCUT2D eigenvalue weighted by atomic mass is 16.3. The van der Waals surface area contributed by atoms with Gasteiger partial charge in [0.25, 0.3) is 0 Å². The molecule has 0 aliphatic carbocycles. The number of aliphatic hydroxyl groups is 1. The van der Waals surface area contributed by atoms with E-state index in [4.69, 9.17) is 0 Å². The number of allylic oxidation sites excluding steroid dienone is 1. The van der Waals surface area contributed by atoms with Gasteiger partial charge >= 0.3 is 0 Å². The number of nitrogens with zero attached hydrogens (tertiary/aromatic N) is 1. The van der Waals surface area contributed by atoms with Crippen LogP contribution in [-0.2, 0) is 13.0 Å². The number of anilines is 1. The van der Waals surface area contributed by atoms with Crippen LogP contribution in [0.25, 0.3) is 0 Å². The minimum Gasteiger partial charge on any atom is -0.392 e. The Morgan fingerprint density at radius 3 is 3.07 bits per heavy atom. The van der Waals surface area contributed by atoms with E-state index in [0.717, 1.165) is 18.5 Å². The summed E-state index contributed by atoms with van der Waals surface area (Å²) in [7, 11) is 0. The maximum Gasteiger partial charge on any atom is 0.0702 e. The molecule has 2 nitrogen and oxygen atoms in total. The predicted octanol–water partition coefficient (Wildman–Crippen LogP) is 2.08. The molecule has 1 aliphatic rings. The van der Waals surface area contributed by atoms with Gasteiger partial charge < -0.3 is 10.0 Å². The van der Waals surface area contributed by atoms with Crippen molar-refractivity contribution in [1.29, 1.82) is 0 Å². The molecule has 2 heteroatoms. The molecule has 1 aromatic carbocycles. The topological polar surface area (TPSA) is 23.5 Å². The maximum atomic E-state index is 9.24. The van der Waals surface area contributed by atoms with Gasteiger partial charge in [-0.05, 0) is 25.1 Å². The summed E-state index contributed by atoms with van der Waals surface area (Å²) in [6.07, 6.45) is 5.18. The summed E-state index contributed by atoms with van der Waals surface area (Å²) in [6.45, 7) is 3.16. The van der Waals surface area contributed by atoms with Crippen molar-refractivity contribution in [2.45, 2.75) is 20.0 Å². The predicted molar refractivity (Wildman–Crippen MR) is 58.2 cm³/mol. The van der Waals surface area contributed by atoms with Gasteiger partial charge in [-0.2, -0.15) is 0 Å². The zero-order valence-electron chi connectivity index (χ0n) is 8.40. The third-order valence-corrected chi connectivity index (χ3v) is 2.61. The molecule has 0 saturated carbocycles. The first-order valence-electron chi connectivity index (χ1n) is 4.98. The zero-order valence-corrected chi connectivity index (χ0v) is 8.40. The first-order valence-corrected chi connectivity index (χ1v) is 4.98. The summed E-state index contributed by atoms with van der Waals surface area (Å²) in [5, 5.41) is 9.24. The lowest BCUT2D eigenvalue weighted by atomic mass is 10.1. The fraction of sp³-hybridized carbons (Fsp3) is 0.333. The largest absolute Gasteiger partial charge is 0.392 e. The van der Waals surface area contributed by atoms with Gasteiger partial charge in [0.05, 0.1) is 6.61 Å². The van der Waals surface area contributed by atoms with Crippen LogP contribution >= 0.6 is 0 Å². The molecule has 0 aromatic heterocycles. The molecule has 2 rings (SSSR count). The molecule has 0 fully saturated rings. The average molecular weight is 189 g/mol. The van der Waals surface area contributed by atoms with E-state index in [0.29, 0.717) is 0 Å². The van der Waals surface area contributed by atoms with E-state index in [2.05, 4.69) is 17.2 Å². The molecule has 0 radical (unpaired) electrons. The van der Waals surface area contributed by atoms with E-state index in [9.17, 15) is 5.11 Å². The van der Waals surface area contributed by atoms with Crippen molar-refractivity contribution in [2.24, 2.45) is 0 Å². The molecule has 0 atom stereocenters. The van der Waals surface area contributed by atoms with Crippen LogP contribution in [-0.4, -0.2) is 11.7 Å².